The Hall–Kier alpha value is -3.39. The molecule has 8 heteroatoms. The van der Waals surface area contributed by atoms with Crippen molar-refractivity contribution < 1.29 is 33.7 Å². The highest BCUT2D eigenvalue weighted by Gasteiger charge is 2.42. The fraction of sp³-hybridized carbons (Fsp3) is 0.423. The number of hydrogen-bond donors (Lipinski definition) is 1. The number of likely N-dealkylation sites (tertiary alicyclic amines) is 1. The van der Waals surface area contributed by atoms with Gasteiger partial charge in [0.05, 0.1) is 12.6 Å². The highest BCUT2D eigenvalue weighted by Crippen LogP contribution is 2.44. The lowest BCUT2D eigenvalue weighted by atomic mass is 9.98. The van der Waals surface area contributed by atoms with Crippen LogP contribution in [0.5, 0.6) is 0 Å². The van der Waals surface area contributed by atoms with Crippen LogP contribution in [0, 0.1) is 0 Å². The molecule has 2 aliphatic rings. The molecular formula is C26H29NO7. The van der Waals surface area contributed by atoms with Crippen LogP contribution in [-0.4, -0.2) is 65.5 Å². The maximum absolute atomic E-state index is 12.9. The van der Waals surface area contributed by atoms with Gasteiger partial charge in [0.1, 0.15) is 24.9 Å². The van der Waals surface area contributed by atoms with E-state index in [-0.39, 0.29) is 32.1 Å². The molecule has 1 amide bonds. The molecule has 1 heterocycles. The lowest BCUT2D eigenvalue weighted by molar-refractivity contribution is -0.162. The number of carbonyl (C=O) groups excluding carboxylic acids is 2. The van der Waals surface area contributed by atoms with Gasteiger partial charge in [-0.2, -0.15) is 0 Å². The second-order valence-corrected chi connectivity index (χ2v) is 9.57. The van der Waals surface area contributed by atoms with Crippen molar-refractivity contribution in [1.82, 2.24) is 4.90 Å². The molecule has 2 atom stereocenters. The number of carbonyl (C=O) groups is 3. The second-order valence-electron chi connectivity index (χ2n) is 9.57. The molecule has 0 saturated carbocycles. The Balaban J connectivity index is 1.39. The van der Waals surface area contributed by atoms with Crippen LogP contribution in [0.3, 0.4) is 0 Å². The third-order valence-electron chi connectivity index (χ3n) is 5.98. The van der Waals surface area contributed by atoms with Crippen LogP contribution in [0.2, 0.25) is 0 Å². The average Bonchev–Trinajstić information content (AvgIpc) is 3.35. The molecule has 1 saturated heterocycles. The zero-order valence-electron chi connectivity index (χ0n) is 19.5. The first-order chi connectivity index (χ1) is 16.1. The summed E-state index contributed by atoms with van der Waals surface area (Å²) in [4.78, 5) is 37.8. The summed E-state index contributed by atoms with van der Waals surface area (Å²) in [6.45, 7) is 5.06. The third-order valence-corrected chi connectivity index (χ3v) is 5.98. The lowest BCUT2D eigenvalue weighted by Crippen LogP contribution is -2.41. The molecular weight excluding hydrogens is 438 g/mol. The Morgan fingerprint density at radius 3 is 2.15 bits per heavy atom. The number of carboxylic acid groups (broad SMARTS) is 1. The van der Waals surface area contributed by atoms with E-state index < -0.39 is 35.8 Å². The van der Waals surface area contributed by atoms with Crippen molar-refractivity contribution in [3.63, 3.8) is 0 Å². The van der Waals surface area contributed by atoms with E-state index in [1.807, 2.05) is 48.5 Å². The van der Waals surface area contributed by atoms with E-state index in [1.165, 1.54) is 0 Å². The molecule has 1 fully saturated rings. The topological polar surface area (TPSA) is 102 Å². The summed E-state index contributed by atoms with van der Waals surface area (Å²) in [6, 6.07) is 14.9. The molecule has 8 nitrogen and oxygen atoms in total. The van der Waals surface area contributed by atoms with Crippen molar-refractivity contribution in [2.24, 2.45) is 0 Å². The predicted octanol–water partition coefficient (Wildman–Crippen LogP) is 3.82. The number of hydrogen-bond acceptors (Lipinski definition) is 6. The van der Waals surface area contributed by atoms with Gasteiger partial charge in [0.2, 0.25) is 0 Å². The summed E-state index contributed by atoms with van der Waals surface area (Å²) in [6.07, 6.45) is -1.24. The van der Waals surface area contributed by atoms with Crippen molar-refractivity contribution in [2.45, 2.75) is 50.9 Å². The number of esters is 1. The van der Waals surface area contributed by atoms with Gasteiger partial charge < -0.3 is 19.3 Å². The number of ether oxygens (including phenoxy) is 3. The fourth-order valence-corrected chi connectivity index (χ4v) is 4.59. The molecule has 2 aromatic carbocycles. The summed E-state index contributed by atoms with van der Waals surface area (Å²) >= 11 is 0. The standard InChI is InChI=1S/C26H29NO7/c1-26(2,3)34-23(28)15-32-16-12-22(24(29)30)27(13-16)25(31)33-14-21-19-10-6-4-8-17(19)18-9-5-7-11-20(18)21/h4-11,16,21-22H,12-15H2,1-3H3,(H,29,30)/t16-,22-/m1/s1. The van der Waals surface area contributed by atoms with Crippen molar-refractivity contribution in [1.29, 1.82) is 0 Å². The number of aliphatic carboxylic acids is 1. The molecule has 1 aliphatic carbocycles. The highest BCUT2D eigenvalue weighted by atomic mass is 16.6. The maximum Gasteiger partial charge on any atom is 0.410 e. The normalized spacial score (nSPS) is 19.4. The maximum atomic E-state index is 12.9. The molecule has 0 aromatic heterocycles. The number of carboxylic acids is 1. The van der Waals surface area contributed by atoms with Gasteiger partial charge in [0.15, 0.2) is 0 Å². The molecule has 0 spiro atoms. The van der Waals surface area contributed by atoms with Crippen LogP contribution in [0.4, 0.5) is 4.79 Å². The van der Waals surface area contributed by atoms with Crippen LogP contribution < -0.4 is 0 Å². The van der Waals surface area contributed by atoms with Crippen molar-refractivity contribution in [2.75, 3.05) is 19.8 Å². The Kier molecular flexibility index (Phi) is 6.61. The van der Waals surface area contributed by atoms with Gasteiger partial charge in [0, 0.05) is 12.3 Å². The number of nitrogens with zero attached hydrogens (tertiary/aromatic N) is 1. The minimum atomic E-state index is -1.14. The van der Waals surface area contributed by atoms with Crippen molar-refractivity contribution in [3.05, 3.63) is 59.7 Å². The van der Waals surface area contributed by atoms with Gasteiger partial charge in [0.25, 0.3) is 0 Å². The van der Waals surface area contributed by atoms with Crippen LogP contribution in [0.25, 0.3) is 11.1 Å². The summed E-state index contributed by atoms with van der Waals surface area (Å²) in [5.74, 6) is -1.81. The van der Waals surface area contributed by atoms with Gasteiger partial charge in [-0.05, 0) is 43.0 Å². The minimum Gasteiger partial charge on any atom is -0.480 e. The largest absolute Gasteiger partial charge is 0.480 e. The second kappa shape index (κ2) is 9.46. The Bertz CT molecular complexity index is 1050. The predicted molar refractivity (Wildman–Crippen MR) is 123 cm³/mol. The van der Waals surface area contributed by atoms with Gasteiger partial charge in [-0.1, -0.05) is 48.5 Å². The number of benzene rings is 2. The molecule has 0 radical (unpaired) electrons. The summed E-state index contributed by atoms with van der Waals surface area (Å²) in [5.41, 5.74) is 3.73. The monoisotopic (exact) mass is 467 g/mol. The smallest absolute Gasteiger partial charge is 0.410 e. The van der Waals surface area contributed by atoms with E-state index in [4.69, 9.17) is 14.2 Å². The van der Waals surface area contributed by atoms with Gasteiger partial charge in [-0.15, -0.1) is 0 Å². The molecule has 1 aliphatic heterocycles. The first-order valence-electron chi connectivity index (χ1n) is 11.3. The average molecular weight is 468 g/mol. The van der Waals surface area contributed by atoms with E-state index in [1.54, 1.807) is 20.8 Å². The first-order valence-corrected chi connectivity index (χ1v) is 11.3. The zero-order chi connectivity index (χ0) is 24.5. The molecule has 180 valence electrons. The molecule has 2 aromatic rings. The van der Waals surface area contributed by atoms with Gasteiger partial charge >= 0.3 is 18.0 Å². The van der Waals surface area contributed by atoms with Gasteiger partial charge in [-0.25, -0.2) is 14.4 Å². The molecule has 0 unspecified atom stereocenters. The van der Waals surface area contributed by atoms with Crippen LogP contribution >= 0.6 is 0 Å². The van der Waals surface area contributed by atoms with Crippen LogP contribution in [-0.2, 0) is 23.8 Å². The first kappa shape index (κ1) is 23.8. The SMILES string of the molecule is CC(C)(C)OC(=O)CO[C@@H]1C[C@H](C(=O)O)N(C(=O)OCC2c3ccccc3-c3ccccc32)C1. The molecule has 4 rings (SSSR count). The van der Waals surface area contributed by atoms with Crippen LogP contribution in [0.1, 0.15) is 44.2 Å². The number of fused-ring (bicyclic) bond motifs is 3. The highest BCUT2D eigenvalue weighted by molar-refractivity contribution is 5.82. The number of amides is 1. The Morgan fingerprint density at radius 1 is 1.00 bits per heavy atom. The quantitative estimate of drug-likeness (QED) is 0.644. The minimum absolute atomic E-state index is 0.0242. The van der Waals surface area contributed by atoms with Crippen LogP contribution in [0.15, 0.2) is 48.5 Å². The summed E-state index contributed by atoms with van der Waals surface area (Å²) in [5, 5.41) is 9.62. The molecule has 1 N–H and O–H groups in total. The lowest BCUT2D eigenvalue weighted by Gasteiger charge is -2.22. The Labute approximate surface area is 198 Å². The van der Waals surface area contributed by atoms with Crippen molar-refractivity contribution in [3.8, 4) is 11.1 Å². The summed E-state index contributed by atoms with van der Waals surface area (Å²) in [7, 11) is 0. The molecule has 34 heavy (non-hydrogen) atoms. The number of rotatable bonds is 6. The van der Waals surface area contributed by atoms with E-state index in [9.17, 15) is 19.5 Å². The molecule has 0 bridgehead atoms. The van der Waals surface area contributed by atoms with E-state index in [2.05, 4.69) is 0 Å². The fourth-order valence-electron chi connectivity index (χ4n) is 4.59. The van der Waals surface area contributed by atoms with Gasteiger partial charge in [-0.3, -0.25) is 4.90 Å². The zero-order valence-corrected chi connectivity index (χ0v) is 19.5. The third kappa shape index (κ3) is 5.07. The van der Waals surface area contributed by atoms with E-state index in [0.717, 1.165) is 27.2 Å². The van der Waals surface area contributed by atoms with E-state index >= 15 is 0 Å². The Morgan fingerprint density at radius 2 is 1.59 bits per heavy atom. The van der Waals surface area contributed by atoms with E-state index in [0.29, 0.717) is 0 Å². The summed E-state index contributed by atoms with van der Waals surface area (Å²) < 4.78 is 16.4. The van der Waals surface area contributed by atoms with Crippen molar-refractivity contribution >= 4 is 18.0 Å².